The summed E-state index contributed by atoms with van der Waals surface area (Å²) in [6, 6.07) is -7.02. The number of pyridine rings is 1. The van der Waals surface area contributed by atoms with E-state index in [2.05, 4.69) is 19.9 Å². The minimum absolute atomic E-state index is 0.420. The molecule has 2 N–H and O–H groups in total. The van der Waals surface area contributed by atoms with Crippen molar-refractivity contribution in [3.63, 3.8) is 0 Å². The van der Waals surface area contributed by atoms with E-state index in [1.54, 1.807) is 0 Å². The molecular weight excluding hydrogens is 402 g/mol. The molecule has 0 unspecified atom stereocenters. The number of aromatic nitrogens is 4. The summed E-state index contributed by atoms with van der Waals surface area (Å²) < 4.78 is 138. The molecule has 0 aliphatic heterocycles. The van der Waals surface area contributed by atoms with Gasteiger partial charge in [0.1, 0.15) is 22.9 Å². The second-order valence-corrected chi connectivity index (χ2v) is 5.13. The molecule has 0 saturated carbocycles. The summed E-state index contributed by atoms with van der Waals surface area (Å²) in [6.07, 6.45) is -10.8. The highest BCUT2D eigenvalue weighted by molar-refractivity contribution is 6.29. The van der Waals surface area contributed by atoms with Gasteiger partial charge in [0, 0.05) is 8.22 Å². The van der Waals surface area contributed by atoms with Gasteiger partial charge in [0.2, 0.25) is 11.9 Å². The lowest BCUT2D eigenvalue weighted by Crippen LogP contribution is -2.35. The Morgan fingerprint density at radius 2 is 1.48 bits per heavy atom. The van der Waals surface area contributed by atoms with Gasteiger partial charge in [-0.2, -0.15) is 41.3 Å². The van der Waals surface area contributed by atoms with Gasteiger partial charge >= 0.3 is 12.4 Å². The van der Waals surface area contributed by atoms with E-state index in [4.69, 9.17) is 22.6 Å². The lowest BCUT2D eigenvalue weighted by atomic mass is 10.3. The first-order valence-corrected chi connectivity index (χ1v) is 7.05. The molecule has 27 heavy (non-hydrogen) atoms. The molecule has 0 bridgehead atoms. The largest absolute Gasteiger partial charge is 0.408 e. The Hall–Kier alpha value is -2.37. The number of hydrogen-bond acceptors (Lipinski definition) is 6. The Labute approximate surface area is 165 Å². The lowest BCUT2D eigenvalue weighted by Gasteiger charge is -2.20. The van der Waals surface area contributed by atoms with Crippen molar-refractivity contribution < 1.29 is 37.3 Å². The van der Waals surface area contributed by atoms with Crippen LogP contribution in [0.4, 0.5) is 38.2 Å². The minimum atomic E-state index is -5.41. The molecule has 2 atom stereocenters. The molecule has 148 valence electrons. The first-order valence-electron chi connectivity index (χ1n) is 10.7. The molecule has 0 spiro atoms. The molecule has 0 aromatic carbocycles. The molecule has 0 radical (unpaired) electrons. The van der Waals surface area contributed by atoms with Crippen molar-refractivity contribution in [2.75, 3.05) is 10.6 Å². The molecular formula is C14H13ClF6N6. The first kappa shape index (κ1) is 12.2. The van der Waals surface area contributed by atoms with E-state index in [1.807, 2.05) is 0 Å². The van der Waals surface area contributed by atoms with Gasteiger partial charge in [-0.3, -0.25) is 0 Å². The van der Waals surface area contributed by atoms with E-state index in [9.17, 15) is 26.3 Å². The number of anilines is 2. The fourth-order valence-corrected chi connectivity index (χ4v) is 1.61. The maximum absolute atomic E-state index is 13.3. The summed E-state index contributed by atoms with van der Waals surface area (Å²) in [4.78, 5) is 13.8. The number of rotatable bonds is 5. The fourth-order valence-electron chi connectivity index (χ4n) is 1.47. The van der Waals surface area contributed by atoms with Crippen LogP contribution in [-0.4, -0.2) is 44.4 Å². The molecule has 0 fully saturated rings. The van der Waals surface area contributed by atoms with Crippen molar-refractivity contribution >= 4 is 23.5 Å². The standard InChI is InChI=1S/C14H13ClF6N6/c1-6(13(16,17)18)22-11-25-10(8-4-3-5-9(15)24-8)26-12(27-11)23-7(2)14(19,20)21/h3-7H,1-2H3,(H2,22,23,25,26,27)/t6-,7-/m1/s1/i1D3,2D3,3D,4D. The average molecular weight is 423 g/mol. The third-order valence-electron chi connectivity index (χ3n) is 2.65. The summed E-state index contributed by atoms with van der Waals surface area (Å²) in [5.74, 6) is -3.38. The summed E-state index contributed by atoms with van der Waals surface area (Å²) in [6.45, 7) is -7.45. The van der Waals surface area contributed by atoms with Gasteiger partial charge in [-0.25, -0.2) is 4.98 Å². The van der Waals surface area contributed by atoms with Gasteiger partial charge in [0.15, 0.2) is 5.82 Å². The van der Waals surface area contributed by atoms with E-state index >= 15 is 0 Å². The smallest absolute Gasteiger partial charge is 0.343 e. The summed E-state index contributed by atoms with van der Waals surface area (Å²) >= 11 is 5.70. The van der Waals surface area contributed by atoms with Gasteiger partial charge < -0.3 is 10.6 Å². The molecule has 2 heterocycles. The highest BCUT2D eigenvalue weighted by Gasteiger charge is 2.38. The van der Waals surface area contributed by atoms with Crippen LogP contribution in [0, 0.1) is 0 Å². The lowest BCUT2D eigenvalue weighted by molar-refractivity contribution is -0.139. The second-order valence-electron chi connectivity index (χ2n) is 4.74. The maximum Gasteiger partial charge on any atom is 0.408 e. The number of nitrogens with zero attached hydrogens (tertiary/aromatic N) is 4. The van der Waals surface area contributed by atoms with Gasteiger partial charge in [-0.05, 0) is 25.8 Å². The molecule has 2 rings (SSSR count). The average Bonchev–Trinajstić information content (AvgIpc) is 2.63. The van der Waals surface area contributed by atoms with Crippen molar-refractivity contribution in [1.29, 1.82) is 0 Å². The third-order valence-corrected chi connectivity index (χ3v) is 2.84. The number of hydrogen-bond donors (Lipinski definition) is 2. The van der Waals surface area contributed by atoms with E-state index < -0.39 is 78.8 Å². The van der Waals surface area contributed by atoms with E-state index in [0.717, 1.165) is 6.07 Å². The zero-order valence-electron chi connectivity index (χ0n) is 20.7. The van der Waals surface area contributed by atoms with Crippen LogP contribution >= 0.6 is 11.6 Å². The Kier molecular flexibility index (Phi) is 3.47. The van der Waals surface area contributed by atoms with Crippen LogP contribution in [0.1, 0.15) is 24.7 Å². The molecule has 0 aliphatic rings. The zero-order chi connectivity index (χ0) is 27.1. The van der Waals surface area contributed by atoms with Gasteiger partial charge in [0.05, 0.1) is 2.74 Å². The second kappa shape index (κ2) is 7.71. The third kappa shape index (κ3) is 5.81. The van der Waals surface area contributed by atoms with E-state index in [1.165, 1.54) is 10.6 Å². The topological polar surface area (TPSA) is 75.6 Å². The predicted octanol–water partition coefficient (Wildman–Crippen LogP) is 4.31. The predicted molar refractivity (Wildman–Crippen MR) is 86.3 cm³/mol. The van der Waals surface area contributed by atoms with Crippen molar-refractivity contribution in [3.8, 4) is 11.5 Å². The Morgan fingerprint density at radius 1 is 0.963 bits per heavy atom. The summed E-state index contributed by atoms with van der Waals surface area (Å²) in [7, 11) is 0. The highest BCUT2D eigenvalue weighted by atomic mass is 35.5. The van der Waals surface area contributed by atoms with Crippen molar-refractivity contribution in [3.05, 3.63) is 23.3 Å². The van der Waals surface area contributed by atoms with Crippen LogP contribution in [0.15, 0.2) is 18.2 Å². The number of alkyl halides is 6. The fraction of sp³-hybridized carbons (Fsp3) is 0.429. The van der Waals surface area contributed by atoms with Crippen LogP contribution in [0.25, 0.3) is 11.5 Å². The van der Waals surface area contributed by atoms with Crippen LogP contribution in [0.2, 0.25) is 5.15 Å². The minimum Gasteiger partial charge on any atom is -0.343 e. The van der Waals surface area contributed by atoms with Crippen LogP contribution in [0.5, 0.6) is 0 Å². The van der Waals surface area contributed by atoms with Crippen LogP contribution < -0.4 is 10.6 Å². The summed E-state index contributed by atoms with van der Waals surface area (Å²) in [5, 5.41) is 2.44. The molecule has 0 amide bonds. The van der Waals surface area contributed by atoms with E-state index in [-0.39, 0.29) is 0 Å². The van der Waals surface area contributed by atoms with Crippen molar-refractivity contribution in [2.45, 2.75) is 38.1 Å². The first-order chi connectivity index (χ1) is 15.6. The quantitative estimate of drug-likeness (QED) is 0.552. The molecule has 6 nitrogen and oxygen atoms in total. The Bertz CT molecular complexity index is 997. The Balaban J connectivity index is 2.73. The molecule has 0 saturated heterocycles. The monoisotopic (exact) mass is 422 g/mol. The van der Waals surface area contributed by atoms with E-state index in [0.29, 0.717) is 0 Å². The van der Waals surface area contributed by atoms with Crippen molar-refractivity contribution in [1.82, 2.24) is 19.9 Å². The van der Waals surface area contributed by atoms with Gasteiger partial charge in [-0.1, -0.05) is 17.6 Å². The van der Waals surface area contributed by atoms with Gasteiger partial charge in [0.25, 0.3) is 0 Å². The highest BCUT2D eigenvalue weighted by Crippen LogP contribution is 2.26. The Morgan fingerprint density at radius 3 is 1.93 bits per heavy atom. The maximum atomic E-state index is 13.3. The molecule has 2 aromatic heterocycles. The number of halogens is 7. The molecule has 2 aromatic rings. The van der Waals surface area contributed by atoms with Crippen LogP contribution in [0.3, 0.4) is 0 Å². The summed E-state index contributed by atoms with van der Waals surface area (Å²) in [5.41, 5.74) is -0.689. The normalized spacial score (nSPS) is 19.8. The molecule has 0 aliphatic carbocycles. The zero-order valence-corrected chi connectivity index (χ0v) is 13.4. The SMILES string of the molecule is [2H]c1cc(Cl)nc(-c2nc(N[C@H](C([2H])([2H])[2H])C(F)(F)F)nc(N[C@H](C([2H])([2H])[2H])C(F)(F)F)n2)c1[2H]. The van der Waals surface area contributed by atoms with Gasteiger partial charge in [-0.15, -0.1) is 0 Å². The van der Waals surface area contributed by atoms with Crippen LogP contribution in [-0.2, 0) is 0 Å². The number of nitrogens with one attached hydrogen (secondary N) is 2. The van der Waals surface area contributed by atoms with Crippen molar-refractivity contribution in [2.24, 2.45) is 0 Å². The molecule has 13 heteroatoms.